The van der Waals surface area contributed by atoms with Crippen LogP contribution in [0.5, 0.6) is 5.75 Å². The van der Waals surface area contributed by atoms with Crippen molar-refractivity contribution in [1.82, 2.24) is 10.2 Å². The number of hydrogen-bond donors (Lipinski definition) is 0. The average molecular weight is 386 g/mol. The molecule has 0 saturated carbocycles. The fourth-order valence-electron chi connectivity index (χ4n) is 1.92. The number of nitrogens with zero attached hydrogens (tertiary/aromatic N) is 3. The molecule has 0 aliphatic carbocycles. The Balaban J connectivity index is 2.42. The SMILES string of the molecule is CCCCC(=S)Oc1cc(Cl)nnc1-c1ccc(Cl)c([N+](=O)[O-])c1. The minimum Gasteiger partial charge on any atom is -0.448 e. The lowest BCUT2D eigenvalue weighted by molar-refractivity contribution is -0.384. The Kier molecular flexibility index (Phi) is 6.42. The van der Waals surface area contributed by atoms with Crippen LogP contribution in [0.4, 0.5) is 5.69 Å². The van der Waals surface area contributed by atoms with Crippen molar-refractivity contribution in [3.05, 3.63) is 44.6 Å². The first-order valence-electron chi connectivity index (χ1n) is 7.10. The van der Waals surface area contributed by atoms with Gasteiger partial charge in [0.2, 0.25) is 0 Å². The van der Waals surface area contributed by atoms with Gasteiger partial charge in [0.15, 0.2) is 16.0 Å². The van der Waals surface area contributed by atoms with Crippen molar-refractivity contribution in [2.24, 2.45) is 0 Å². The van der Waals surface area contributed by atoms with Crippen LogP contribution in [0.3, 0.4) is 0 Å². The van der Waals surface area contributed by atoms with E-state index < -0.39 is 4.92 Å². The molecule has 2 aromatic rings. The molecule has 0 N–H and O–H groups in total. The number of unbranched alkanes of at least 4 members (excludes halogenated alkanes) is 1. The first-order chi connectivity index (χ1) is 11.4. The van der Waals surface area contributed by atoms with Gasteiger partial charge in [-0.05, 0) is 24.7 Å². The highest BCUT2D eigenvalue weighted by atomic mass is 35.5. The number of nitro groups is 1. The van der Waals surface area contributed by atoms with E-state index in [4.69, 9.17) is 40.2 Å². The predicted octanol–water partition coefficient (Wildman–Crippen LogP) is 5.26. The molecule has 0 saturated heterocycles. The normalized spacial score (nSPS) is 10.5. The van der Waals surface area contributed by atoms with E-state index in [0.717, 1.165) is 12.8 Å². The molecule has 0 amide bonds. The van der Waals surface area contributed by atoms with Gasteiger partial charge in [0.05, 0.1) is 4.92 Å². The summed E-state index contributed by atoms with van der Waals surface area (Å²) in [5, 5.41) is 19.4. The Morgan fingerprint density at radius 3 is 2.75 bits per heavy atom. The van der Waals surface area contributed by atoms with E-state index in [1.165, 1.54) is 18.2 Å². The van der Waals surface area contributed by atoms with Crippen molar-refractivity contribution in [2.45, 2.75) is 26.2 Å². The zero-order valence-electron chi connectivity index (χ0n) is 12.7. The third-order valence-electron chi connectivity index (χ3n) is 3.10. The number of benzene rings is 1. The first-order valence-corrected chi connectivity index (χ1v) is 8.27. The van der Waals surface area contributed by atoms with E-state index in [9.17, 15) is 10.1 Å². The summed E-state index contributed by atoms with van der Waals surface area (Å²) in [6.07, 6.45) is 2.49. The molecule has 0 radical (unpaired) electrons. The standard InChI is InChI=1S/C15H13Cl2N3O3S/c1-2-3-4-14(24)23-12-8-13(17)18-19-15(12)9-5-6-10(16)11(7-9)20(21)22/h5-8H,2-4H2,1H3. The molecule has 1 aromatic heterocycles. The molecule has 0 aliphatic heterocycles. The molecule has 0 aliphatic rings. The average Bonchev–Trinajstić information content (AvgIpc) is 2.53. The van der Waals surface area contributed by atoms with Gasteiger partial charge in [-0.25, -0.2) is 0 Å². The summed E-state index contributed by atoms with van der Waals surface area (Å²) in [4.78, 5) is 10.5. The fourth-order valence-corrected chi connectivity index (χ4v) is 2.48. The lowest BCUT2D eigenvalue weighted by Crippen LogP contribution is -2.07. The van der Waals surface area contributed by atoms with Crippen LogP contribution in [0.15, 0.2) is 24.3 Å². The van der Waals surface area contributed by atoms with E-state index in [0.29, 0.717) is 28.5 Å². The molecule has 1 aromatic carbocycles. The molecule has 0 unspecified atom stereocenters. The second-order valence-electron chi connectivity index (χ2n) is 4.88. The summed E-state index contributed by atoms with van der Waals surface area (Å²) in [5.41, 5.74) is 0.506. The maximum Gasteiger partial charge on any atom is 0.288 e. The molecule has 0 spiro atoms. The molecule has 0 fully saturated rings. The molecule has 2 rings (SSSR count). The van der Waals surface area contributed by atoms with Crippen LogP contribution in [-0.4, -0.2) is 20.2 Å². The third-order valence-corrected chi connectivity index (χ3v) is 3.90. The van der Waals surface area contributed by atoms with Gasteiger partial charge in [0.1, 0.15) is 10.7 Å². The summed E-state index contributed by atoms with van der Waals surface area (Å²) < 4.78 is 5.66. The molecule has 6 nitrogen and oxygen atoms in total. The van der Waals surface area contributed by atoms with Crippen molar-refractivity contribution >= 4 is 46.2 Å². The van der Waals surface area contributed by atoms with E-state index in [1.54, 1.807) is 6.07 Å². The molecular formula is C15H13Cl2N3O3S. The fraction of sp³-hybridized carbons (Fsp3) is 0.267. The van der Waals surface area contributed by atoms with Crippen molar-refractivity contribution in [2.75, 3.05) is 0 Å². The topological polar surface area (TPSA) is 78.2 Å². The quantitative estimate of drug-likeness (QED) is 0.383. The van der Waals surface area contributed by atoms with Crippen LogP contribution in [0.2, 0.25) is 10.2 Å². The summed E-state index contributed by atoms with van der Waals surface area (Å²) in [7, 11) is 0. The number of halogens is 2. The van der Waals surface area contributed by atoms with Crippen molar-refractivity contribution in [1.29, 1.82) is 0 Å². The zero-order valence-corrected chi connectivity index (χ0v) is 15.0. The summed E-state index contributed by atoms with van der Waals surface area (Å²) in [6.45, 7) is 2.05. The predicted molar refractivity (Wildman–Crippen MR) is 96.9 cm³/mol. The highest BCUT2D eigenvalue weighted by molar-refractivity contribution is 7.80. The molecule has 9 heteroatoms. The van der Waals surface area contributed by atoms with Crippen LogP contribution in [0, 0.1) is 10.1 Å². The molecule has 0 bridgehead atoms. The van der Waals surface area contributed by atoms with Crippen LogP contribution in [0.25, 0.3) is 11.3 Å². The van der Waals surface area contributed by atoms with Crippen molar-refractivity contribution < 1.29 is 9.66 Å². The largest absolute Gasteiger partial charge is 0.448 e. The summed E-state index contributed by atoms with van der Waals surface area (Å²) in [6, 6.07) is 5.80. The maximum atomic E-state index is 11.1. The van der Waals surface area contributed by atoms with E-state index in [1.807, 2.05) is 6.92 Å². The highest BCUT2D eigenvalue weighted by Gasteiger charge is 2.18. The van der Waals surface area contributed by atoms with E-state index in [2.05, 4.69) is 10.2 Å². The molecule has 24 heavy (non-hydrogen) atoms. The number of hydrogen-bond acceptors (Lipinski definition) is 6. The van der Waals surface area contributed by atoms with Crippen LogP contribution in [-0.2, 0) is 0 Å². The van der Waals surface area contributed by atoms with Gasteiger partial charge in [-0.3, -0.25) is 10.1 Å². The molecule has 1 heterocycles. The minimum absolute atomic E-state index is 0.0339. The van der Waals surface area contributed by atoms with Gasteiger partial charge >= 0.3 is 0 Å². The van der Waals surface area contributed by atoms with Crippen LogP contribution in [0.1, 0.15) is 26.2 Å². The second kappa shape index (κ2) is 8.32. The van der Waals surface area contributed by atoms with E-state index >= 15 is 0 Å². The van der Waals surface area contributed by atoms with Gasteiger partial charge in [0, 0.05) is 24.1 Å². The smallest absolute Gasteiger partial charge is 0.288 e. The summed E-state index contributed by atoms with van der Waals surface area (Å²) in [5.74, 6) is 0.299. The van der Waals surface area contributed by atoms with Gasteiger partial charge in [-0.15, -0.1) is 10.2 Å². The summed E-state index contributed by atoms with van der Waals surface area (Å²) >= 11 is 16.9. The van der Waals surface area contributed by atoms with Gasteiger partial charge < -0.3 is 4.74 Å². The van der Waals surface area contributed by atoms with E-state index in [-0.39, 0.29) is 15.9 Å². The van der Waals surface area contributed by atoms with Crippen molar-refractivity contribution in [3.8, 4) is 17.0 Å². The van der Waals surface area contributed by atoms with Crippen LogP contribution >= 0.6 is 35.4 Å². The second-order valence-corrected chi connectivity index (χ2v) is 6.13. The van der Waals surface area contributed by atoms with Gasteiger partial charge in [-0.2, -0.15) is 0 Å². The molecule has 126 valence electrons. The zero-order chi connectivity index (χ0) is 17.7. The third kappa shape index (κ3) is 4.59. The van der Waals surface area contributed by atoms with Crippen molar-refractivity contribution in [3.63, 3.8) is 0 Å². The maximum absolute atomic E-state index is 11.1. The Bertz CT molecular complexity index is 787. The van der Waals surface area contributed by atoms with Gasteiger partial charge in [0.25, 0.3) is 5.69 Å². The monoisotopic (exact) mass is 385 g/mol. The van der Waals surface area contributed by atoms with Crippen LogP contribution < -0.4 is 4.74 Å². The minimum atomic E-state index is -0.568. The van der Waals surface area contributed by atoms with Gasteiger partial charge in [-0.1, -0.05) is 42.6 Å². The Morgan fingerprint density at radius 2 is 2.08 bits per heavy atom. The number of nitro benzene ring substituents is 1. The molecule has 0 atom stereocenters. The number of ether oxygens (including phenoxy) is 1. The lowest BCUT2D eigenvalue weighted by atomic mass is 10.1. The number of rotatable bonds is 6. The Labute approximate surface area is 153 Å². The Morgan fingerprint density at radius 1 is 1.33 bits per heavy atom. The lowest BCUT2D eigenvalue weighted by Gasteiger charge is -2.11. The Hall–Kier alpha value is -1.83. The molecular weight excluding hydrogens is 373 g/mol. The highest BCUT2D eigenvalue weighted by Crippen LogP contribution is 2.34. The number of aromatic nitrogens is 2. The first kappa shape index (κ1) is 18.5. The number of thiocarbonyl (C=S) groups is 1.